The summed E-state index contributed by atoms with van der Waals surface area (Å²) in [6.07, 6.45) is 7.48. The lowest BCUT2D eigenvalue weighted by atomic mass is 9.82. The number of anilines is 1. The smallest absolute Gasteiger partial charge is 0.128 e. The van der Waals surface area contributed by atoms with Crippen LogP contribution < -0.4 is 26.8 Å². The summed E-state index contributed by atoms with van der Waals surface area (Å²) in [5.74, 6) is 1.54. The molecule has 3 aliphatic rings. The van der Waals surface area contributed by atoms with Crippen molar-refractivity contribution in [3.05, 3.63) is 41.9 Å². The molecule has 3 saturated heterocycles. The molecule has 0 radical (unpaired) electrons. The third kappa shape index (κ3) is 3.77. The van der Waals surface area contributed by atoms with Crippen molar-refractivity contribution in [3.63, 3.8) is 0 Å². The third-order valence-corrected chi connectivity index (χ3v) is 6.70. The van der Waals surface area contributed by atoms with Gasteiger partial charge in [-0.2, -0.15) is 5.10 Å². The number of fused-ring (bicyclic) bond motifs is 1. The molecule has 8 heteroatoms. The van der Waals surface area contributed by atoms with E-state index < -0.39 is 0 Å². The molecule has 0 spiro atoms. The molecule has 29 heavy (non-hydrogen) atoms. The van der Waals surface area contributed by atoms with E-state index in [4.69, 9.17) is 10.7 Å². The van der Waals surface area contributed by atoms with Crippen LogP contribution in [0.3, 0.4) is 0 Å². The molecule has 0 amide bonds. The molecule has 4 unspecified atom stereocenters. The molecule has 5 N–H and O–H groups in total. The van der Waals surface area contributed by atoms with Crippen molar-refractivity contribution in [2.45, 2.75) is 56.9 Å². The van der Waals surface area contributed by atoms with Crippen LogP contribution in [-0.4, -0.2) is 46.5 Å². The number of nitrogens with zero attached hydrogens (tertiary/aromatic N) is 4. The standard InChI is InChI=1S/C21H32N8/c1-2-29-12-14(10-24-29)18-9-16-19(11-23-18)26-27-21(16)17-6-3-7-20(25-17)28-8-4-5-15(22)13-28/h3,6-7,10,12,15-16,18-19,21,23,26-27H,2,4-5,8-9,11,13,22H2,1H3/t15-,16?,18?,19?,21?/m1/s1. The first-order chi connectivity index (χ1) is 14.2. The van der Waals surface area contributed by atoms with Crippen molar-refractivity contribution < 1.29 is 0 Å². The summed E-state index contributed by atoms with van der Waals surface area (Å²) in [6, 6.07) is 7.61. The lowest BCUT2D eigenvalue weighted by Gasteiger charge is -2.34. The second-order valence-electron chi connectivity index (χ2n) is 8.63. The van der Waals surface area contributed by atoms with Gasteiger partial charge in [-0.15, -0.1) is 0 Å². The number of pyridine rings is 1. The summed E-state index contributed by atoms with van der Waals surface area (Å²) in [6.45, 7) is 5.90. The first-order valence-electron chi connectivity index (χ1n) is 11.0. The van der Waals surface area contributed by atoms with Gasteiger partial charge in [-0.25, -0.2) is 10.4 Å². The summed E-state index contributed by atoms with van der Waals surface area (Å²) >= 11 is 0. The highest BCUT2D eigenvalue weighted by Crippen LogP contribution is 2.38. The van der Waals surface area contributed by atoms with Gasteiger partial charge < -0.3 is 16.0 Å². The number of hydrogen-bond acceptors (Lipinski definition) is 7. The van der Waals surface area contributed by atoms with Gasteiger partial charge in [0.05, 0.1) is 17.9 Å². The number of aryl methyl sites for hydroxylation is 1. The Morgan fingerprint density at radius 3 is 3.03 bits per heavy atom. The molecule has 156 valence electrons. The highest BCUT2D eigenvalue weighted by Gasteiger charge is 2.42. The summed E-state index contributed by atoms with van der Waals surface area (Å²) in [4.78, 5) is 7.39. The van der Waals surface area contributed by atoms with Crippen LogP contribution in [0.5, 0.6) is 0 Å². The van der Waals surface area contributed by atoms with E-state index in [1.807, 2.05) is 10.9 Å². The fraction of sp³-hybridized carbons (Fsp3) is 0.619. The molecule has 0 saturated carbocycles. The van der Waals surface area contributed by atoms with E-state index in [-0.39, 0.29) is 12.1 Å². The number of piperidine rings is 2. The van der Waals surface area contributed by atoms with Gasteiger partial charge in [0, 0.05) is 62.0 Å². The molecule has 3 fully saturated rings. The largest absolute Gasteiger partial charge is 0.355 e. The first-order valence-corrected chi connectivity index (χ1v) is 11.0. The van der Waals surface area contributed by atoms with Crippen LogP contribution >= 0.6 is 0 Å². The van der Waals surface area contributed by atoms with Gasteiger partial charge in [0.15, 0.2) is 0 Å². The van der Waals surface area contributed by atoms with Crippen LogP contribution in [0, 0.1) is 5.92 Å². The second-order valence-corrected chi connectivity index (χ2v) is 8.63. The van der Waals surface area contributed by atoms with Gasteiger partial charge in [0.1, 0.15) is 5.82 Å². The monoisotopic (exact) mass is 396 g/mol. The minimum absolute atomic E-state index is 0.212. The summed E-state index contributed by atoms with van der Waals surface area (Å²) < 4.78 is 2.00. The predicted molar refractivity (Wildman–Crippen MR) is 113 cm³/mol. The van der Waals surface area contributed by atoms with Crippen molar-refractivity contribution in [2.75, 3.05) is 24.5 Å². The van der Waals surface area contributed by atoms with E-state index in [0.717, 1.165) is 57.0 Å². The quantitative estimate of drug-likeness (QED) is 0.614. The van der Waals surface area contributed by atoms with E-state index >= 15 is 0 Å². The number of rotatable bonds is 4. The zero-order chi connectivity index (χ0) is 19.8. The van der Waals surface area contributed by atoms with Crippen LogP contribution in [0.2, 0.25) is 0 Å². The Bertz CT molecular complexity index is 836. The minimum Gasteiger partial charge on any atom is -0.355 e. The van der Waals surface area contributed by atoms with Gasteiger partial charge >= 0.3 is 0 Å². The zero-order valence-corrected chi connectivity index (χ0v) is 17.1. The van der Waals surface area contributed by atoms with Crippen molar-refractivity contribution >= 4 is 5.82 Å². The number of nitrogens with two attached hydrogens (primary N) is 1. The first kappa shape index (κ1) is 19.0. The molecule has 5 atom stereocenters. The molecule has 8 nitrogen and oxygen atoms in total. The topological polar surface area (TPSA) is 96.1 Å². The lowest BCUT2D eigenvalue weighted by molar-refractivity contribution is 0.265. The Balaban J connectivity index is 1.34. The number of aromatic nitrogens is 3. The molecule has 5 heterocycles. The average molecular weight is 397 g/mol. The van der Waals surface area contributed by atoms with Gasteiger partial charge in [-0.1, -0.05) is 6.07 Å². The average Bonchev–Trinajstić information content (AvgIpc) is 3.40. The SMILES string of the molecule is CCn1cc(C2CC3C(CN2)NNC3c2cccc(N3CCC[C@@H](N)C3)n2)cn1. The molecule has 0 bridgehead atoms. The Morgan fingerprint density at radius 2 is 2.21 bits per heavy atom. The van der Waals surface area contributed by atoms with Crippen LogP contribution in [0.1, 0.15) is 49.5 Å². The fourth-order valence-corrected chi connectivity index (χ4v) is 5.06. The van der Waals surface area contributed by atoms with Crippen LogP contribution in [0.25, 0.3) is 0 Å². The Hall–Kier alpha value is -2.00. The van der Waals surface area contributed by atoms with Crippen molar-refractivity contribution in [3.8, 4) is 0 Å². The summed E-state index contributed by atoms with van der Waals surface area (Å²) in [5.41, 5.74) is 15.6. The van der Waals surface area contributed by atoms with Gasteiger partial charge in [-0.3, -0.25) is 10.1 Å². The highest BCUT2D eigenvalue weighted by molar-refractivity contribution is 5.41. The maximum atomic E-state index is 6.19. The molecule has 0 aromatic carbocycles. The van der Waals surface area contributed by atoms with Gasteiger partial charge in [-0.05, 0) is 38.3 Å². The maximum absolute atomic E-state index is 6.19. The van der Waals surface area contributed by atoms with Crippen molar-refractivity contribution in [1.82, 2.24) is 30.9 Å². The minimum atomic E-state index is 0.212. The summed E-state index contributed by atoms with van der Waals surface area (Å²) in [7, 11) is 0. The van der Waals surface area contributed by atoms with Crippen LogP contribution in [0.4, 0.5) is 5.82 Å². The maximum Gasteiger partial charge on any atom is 0.128 e. The highest BCUT2D eigenvalue weighted by atomic mass is 15.4. The number of hydrogen-bond donors (Lipinski definition) is 4. The Kier molecular flexibility index (Phi) is 5.26. The van der Waals surface area contributed by atoms with E-state index in [9.17, 15) is 0 Å². The molecule has 2 aromatic heterocycles. The van der Waals surface area contributed by atoms with Crippen molar-refractivity contribution in [1.29, 1.82) is 0 Å². The van der Waals surface area contributed by atoms with Gasteiger partial charge in [0.2, 0.25) is 0 Å². The number of nitrogens with one attached hydrogen (secondary N) is 3. The number of hydrazine groups is 1. The second kappa shape index (κ2) is 8.02. The van der Waals surface area contributed by atoms with Crippen LogP contribution in [0.15, 0.2) is 30.6 Å². The van der Waals surface area contributed by atoms with E-state index in [0.29, 0.717) is 18.0 Å². The third-order valence-electron chi connectivity index (χ3n) is 6.70. The van der Waals surface area contributed by atoms with E-state index in [1.165, 1.54) is 5.56 Å². The molecule has 0 aliphatic carbocycles. The predicted octanol–water partition coefficient (Wildman–Crippen LogP) is 1.09. The van der Waals surface area contributed by atoms with Gasteiger partial charge in [0.25, 0.3) is 0 Å². The Morgan fingerprint density at radius 1 is 1.28 bits per heavy atom. The molecule has 3 aliphatic heterocycles. The Labute approximate surface area is 172 Å². The fourth-order valence-electron chi connectivity index (χ4n) is 5.06. The molecule has 5 rings (SSSR count). The lowest BCUT2D eigenvalue weighted by Crippen LogP contribution is -2.46. The van der Waals surface area contributed by atoms with Crippen molar-refractivity contribution in [2.24, 2.45) is 11.7 Å². The molecular formula is C21H32N8. The van der Waals surface area contributed by atoms with Crippen LogP contribution in [-0.2, 0) is 6.54 Å². The normalized spacial score (nSPS) is 32.3. The zero-order valence-electron chi connectivity index (χ0n) is 17.1. The summed E-state index contributed by atoms with van der Waals surface area (Å²) in [5, 5.41) is 8.15. The molecular weight excluding hydrogens is 364 g/mol. The van der Waals surface area contributed by atoms with E-state index in [1.54, 1.807) is 0 Å². The molecule has 2 aromatic rings. The van der Waals surface area contributed by atoms with E-state index in [2.05, 4.69) is 57.5 Å².